The normalized spacial score (nSPS) is 16.9. The Kier molecular flexibility index (Phi) is 4.45. The van der Waals surface area contributed by atoms with E-state index in [1.807, 2.05) is 23.1 Å². The number of hydrogen-bond acceptors (Lipinski definition) is 4. The quantitative estimate of drug-likeness (QED) is 0.898. The molecule has 1 N–H and O–H groups in total. The first-order valence-corrected chi connectivity index (χ1v) is 8.06. The number of rotatable bonds is 2. The Hall–Kier alpha value is -1.80. The highest BCUT2D eigenvalue weighted by molar-refractivity contribution is 6.33. The maximum atomic E-state index is 10.9. The molecule has 0 unspecified atom stereocenters. The molecule has 1 aromatic carbocycles. The lowest BCUT2D eigenvalue weighted by atomic mass is 9.84. The number of piperidine rings is 1. The predicted molar refractivity (Wildman–Crippen MR) is 90.8 cm³/mol. The lowest BCUT2D eigenvalue weighted by Gasteiger charge is -2.39. The maximum Gasteiger partial charge on any atom is 0.147 e. The van der Waals surface area contributed by atoms with E-state index in [2.05, 4.69) is 4.98 Å². The minimum Gasteiger partial charge on any atom is -0.385 e. The van der Waals surface area contributed by atoms with Crippen LogP contribution in [0.3, 0.4) is 0 Å². The molecule has 0 saturated carbocycles. The molecule has 1 aliphatic heterocycles. The van der Waals surface area contributed by atoms with Crippen molar-refractivity contribution in [3.05, 3.63) is 57.7 Å². The fourth-order valence-corrected chi connectivity index (χ4v) is 3.27. The summed E-state index contributed by atoms with van der Waals surface area (Å²) in [7, 11) is 0. The van der Waals surface area contributed by atoms with Gasteiger partial charge in [-0.2, -0.15) is 5.26 Å². The molecule has 0 aliphatic carbocycles. The van der Waals surface area contributed by atoms with E-state index in [1.165, 1.54) is 6.20 Å². The molecule has 118 valence electrons. The van der Waals surface area contributed by atoms with Gasteiger partial charge in [-0.05, 0) is 36.6 Å². The van der Waals surface area contributed by atoms with Gasteiger partial charge in [0.25, 0.3) is 0 Å². The molecule has 1 aliphatic rings. The Labute approximate surface area is 144 Å². The molecule has 0 radical (unpaired) electrons. The highest BCUT2D eigenvalue weighted by atomic mass is 35.5. The van der Waals surface area contributed by atoms with E-state index in [4.69, 9.17) is 28.5 Å². The average Bonchev–Trinajstić information content (AvgIpc) is 2.56. The summed E-state index contributed by atoms with van der Waals surface area (Å²) in [6.07, 6.45) is 2.67. The van der Waals surface area contributed by atoms with Gasteiger partial charge in [0.2, 0.25) is 0 Å². The Bertz CT molecular complexity index is 747. The number of nitrogens with zero attached hydrogens (tertiary/aromatic N) is 3. The molecular weight excluding hydrogens is 333 g/mol. The second kappa shape index (κ2) is 6.37. The topological polar surface area (TPSA) is 60.2 Å². The van der Waals surface area contributed by atoms with Crippen LogP contribution in [0.2, 0.25) is 10.0 Å². The predicted octanol–water partition coefficient (Wildman–Crippen LogP) is 3.75. The first kappa shape index (κ1) is 16.1. The third-order valence-electron chi connectivity index (χ3n) is 4.22. The summed E-state index contributed by atoms with van der Waals surface area (Å²) >= 11 is 12.1. The summed E-state index contributed by atoms with van der Waals surface area (Å²) in [6.45, 7) is 1.27. The van der Waals surface area contributed by atoms with Crippen LogP contribution in [0.25, 0.3) is 0 Å². The average molecular weight is 348 g/mol. The first-order chi connectivity index (χ1) is 11.0. The van der Waals surface area contributed by atoms with E-state index < -0.39 is 5.60 Å². The van der Waals surface area contributed by atoms with E-state index in [-0.39, 0.29) is 0 Å². The number of hydrogen-bond donors (Lipinski definition) is 1. The third-order valence-corrected chi connectivity index (χ3v) is 4.75. The van der Waals surface area contributed by atoms with Crippen molar-refractivity contribution < 1.29 is 5.11 Å². The largest absolute Gasteiger partial charge is 0.385 e. The Morgan fingerprint density at radius 2 is 1.83 bits per heavy atom. The van der Waals surface area contributed by atoms with E-state index in [1.54, 1.807) is 18.2 Å². The smallest absolute Gasteiger partial charge is 0.147 e. The van der Waals surface area contributed by atoms with Gasteiger partial charge in [0.05, 0.1) is 16.2 Å². The molecular formula is C17H15Cl2N3O. The second-order valence-electron chi connectivity index (χ2n) is 5.67. The molecule has 1 fully saturated rings. The van der Waals surface area contributed by atoms with Crippen LogP contribution in [0, 0.1) is 11.3 Å². The second-order valence-corrected chi connectivity index (χ2v) is 6.51. The van der Waals surface area contributed by atoms with Crippen LogP contribution in [0.5, 0.6) is 0 Å². The summed E-state index contributed by atoms with van der Waals surface area (Å²) in [5.41, 5.74) is 0.453. The van der Waals surface area contributed by atoms with Crippen LogP contribution >= 0.6 is 23.2 Å². The number of anilines is 1. The zero-order valence-electron chi connectivity index (χ0n) is 12.3. The van der Waals surface area contributed by atoms with E-state index in [9.17, 15) is 5.11 Å². The van der Waals surface area contributed by atoms with Crippen LogP contribution < -0.4 is 4.90 Å². The van der Waals surface area contributed by atoms with Crippen LogP contribution in [0.1, 0.15) is 24.0 Å². The summed E-state index contributed by atoms with van der Waals surface area (Å²) < 4.78 is 0. The van der Waals surface area contributed by atoms with E-state index in [0.717, 1.165) is 5.56 Å². The minimum absolute atomic E-state index is 0.438. The molecule has 3 rings (SSSR count). The molecule has 0 spiro atoms. The van der Waals surface area contributed by atoms with Gasteiger partial charge in [-0.15, -0.1) is 0 Å². The first-order valence-electron chi connectivity index (χ1n) is 7.31. The van der Waals surface area contributed by atoms with E-state index in [0.29, 0.717) is 47.4 Å². The van der Waals surface area contributed by atoms with Crippen molar-refractivity contribution in [2.24, 2.45) is 0 Å². The Morgan fingerprint density at radius 3 is 2.39 bits per heavy atom. The number of benzene rings is 1. The van der Waals surface area contributed by atoms with Crippen molar-refractivity contribution in [1.29, 1.82) is 5.26 Å². The zero-order chi connectivity index (χ0) is 16.4. The molecule has 0 atom stereocenters. The standard InChI is InChI=1S/C17H15Cl2N3O/c18-14-3-1-13(2-4-14)17(23)5-7-22(8-6-17)16-15(19)9-12(10-20)11-21-16/h1-4,9,11,23H,5-8H2. The van der Waals surface area contributed by atoms with Crippen molar-refractivity contribution in [2.45, 2.75) is 18.4 Å². The van der Waals surface area contributed by atoms with Crippen molar-refractivity contribution in [3.63, 3.8) is 0 Å². The fourth-order valence-electron chi connectivity index (χ4n) is 2.86. The maximum absolute atomic E-state index is 10.9. The number of aromatic nitrogens is 1. The van der Waals surface area contributed by atoms with Gasteiger partial charge in [0.1, 0.15) is 11.9 Å². The monoisotopic (exact) mass is 347 g/mol. The molecule has 4 nitrogen and oxygen atoms in total. The van der Waals surface area contributed by atoms with Gasteiger partial charge in [-0.3, -0.25) is 0 Å². The molecule has 23 heavy (non-hydrogen) atoms. The lowest BCUT2D eigenvalue weighted by molar-refractivity contribution is 0.0116. The SMILES string of the molecule is N#Cc1cnc(N2CCC(O)(c3ccc(Cl)cc3)CC2)c(Cl)c1. The van der Waals surface area contributed by atoms with Crippen molar-refractivity contribution in [3.8, 4) is 6.07 Å². The van der Waals surface area contributed by atoms with Crippen LogP contribution in [0.15, 0.2) is 36.5 Å². The molecule has 0 bridgehead atoms. The molecule has 1 aromatic heterocycles. The minimum atomic E-state index is -0.861. The van der Waals surface area contributed by atoms with Crippen molar-refractivity contribution in [2.75, 3.05) is 18.0 Å². The Morgan fingerprint density at radius 1 is 1.17 bits per heavy atom. The van der Waals surface area contributed by atoms with Gasteiger partial charge in [-0.25, -0.2) is 4.98 Å². The van der Waals surface area contributed by atoms with E-state index >= 15 is 0 Å². The van der Waals surface area contributed by atoms with Crippen LogP contribution in [-0.4, -0.2) is 23.2 Å². The van der Waals surface area contributed by atoms with Crippen molar-refractivity contribution >= 4 is 29.0 Å². The summed E-state index contributed by atoms with van der Waals surface area (Å²) in [4.78, 5) is 6.31. The number of nitriles is 1. The van der Waals surface area contributed by atoms with Crippen LogP contribution in [0.4, 0.5) is 5.82 Å². The van der Waals surface area contributed by atoms with Gasteiger partial charge in [-0.1, -0.05) is 35.3 Å². The summed E-state index contributed by atoms with van der Waals surface area (Å²) in [5.74, 6) is 0.656. The number of halogens is 2. The highest BCUT2D eigenvalue weighted by Gasteiger charge is 2.34. The highest BCUT2D eigenvalue weighted by Crippen LogP contribution is 2.36. The van der Waals surface area contributed by atoms with Crippen LogP contribution in [-0.2, 0) is 5.60 Å². The molecule has 1 saturated heterocycles. The number of aliphatic hydroxyl groups is 1. The molecule has 6 heteroatoms. The summed E-state index contributed by atoms with van der Waals surface area (Å²) in [5, 5.41) is 20.9. The van der Waals surface area contributed by atoms with Gasteiger partial charge >= 0.3 is 0 Å². The van der Waals surface area contributed by atoms with Gasteiger partial charge in [0, 0.05) is 24.3 Å². The van der Waals surface area contributed by atoms with Gasteiger partial charge in [0.15, 0.2) is 0 Å². The zero-order valence-corrected chi connectivity index (χ0v) is 13.8. The molecule has 0 amide bonds. The van der Waals surface area contributed by atoms with Crippen molar-refractivity contribution in [1.82, 2.24) is 4.98 Å². The molecule has 2 heterocycles. The molecule has 2 aromatic rings. The van der Waals surface area contributed by atoms with Gasteiger partial charge < -0.3 is 10.0 Å². The summed E-state index contributed by atoms with van der Waals surface area (Å²) in [6, 6.07) is 11.0. The fraction of sp³-hybridized carbons (Fsp3) is 0.294. The number of pyridine rings is 1. The Balaban J connectivity index is 1.75. The lowest BCUT2D eigenvalue weighted by Crippen LogP contribution is -2.43. The third kappa shape index (κ3) is 3.28.